The van der Waals surface area contributed by atoms with Gasteiger partial charge in [0.25, 0.3) is 0 Å². The van der Waals surface area contributed by atoms with Gasteiger partial charge in [0, 0.05) is 83.9 Å². The van der Waals surface area contributed by atoms with Crippen LogP contribution in [0.15, 0.2) is 36.5 Å². The van der Waals surface area contributed by atoms with Crippen LogP contribution in [0.4, 0.5) is 4.79 Å². The molecule has 1 amide bonds. The van der Waals surface area contributed by atoms with Gasteiger partial charge in [-0.3, -0.25) is 4.90 Å². The van der Waals surface area contributed by atoms with Crippen LogP contribution >= 0.6 is 0 Å². The zero-order chi connectivity index (χ0) is 56.5. The number of hydrogen-bond acceptors (Lipinski definition) is 13. The number of allylic oxidation sites excluding steroid dienone is 1. The topological polar surface area (TPSA) is 153 Å². The maximum Gasteiger partial charge on any atom is 0.412 e. The van der Waals surface area contributed by atoms with Gasteiger partial charge in [-0.2, -0.15) is 0 Å². The van der Waals surface area contributed by atoms with E-state index in [0.717, 1.165) is 43.9 Å². The molecular weight excluding hydrogens is 1020 g/mol. The molecule has 0 aromatic heterocycles. The normalized spacial score (nSPS) is 44.1. The zero-order valence-electron chi connectivity index (χ0n) is 50.8. The van der Waals surface area contributed by atoms with Gasteiger partial charge in [-0.1, -0.05) is 134 Å². The van der Waals surface area contributed by atoms with Crippen LogP contribution in [0.5, 0.6) is 0 Å². The molecule has 14 nitrogen and oxygen atoms in total. The van der Waals surface area contributed by atoms with Crippen molar-refractivity contribution in [3.05, 3.63) is 36.5 Å². The number of ether oxygens (including phenoxy) is 9. The number of likely N-dealkylation sites (tertiary alicyclic amines) is 1. The number of hydrogen-bond donors (Lipinski definition) is 2. The average Bonchev–Trinajstić information content (AvgIpc) is 4.24. The molecule has 0 aromatic rings. The Bertz CT molecular complexity index is 2150. The van der Waals surface area contributed by atoms with Crippen LogP contribution < -0.4 is 0 Å². The summed E-state index contributed by atoms with van der Waals surface area (Å²) in [5.74, 6) is -4.27. The minimum absolute atomic E-state index is 0.00575. The van der Waals surface area contributed by atoms with E-state index in [4.69, 9.17) is 47.1 Å². The number of carbonyl (C=O) groups excluding carboxylic acids is 1. The lowest BCUT2D eigenvalue weighted by atomic mass is 9.76. The standard InChI is InChI=1S/C62H105NO13Si2/c1-38(2)78(39(3)4,40(5)6)68-26-19-17-18-21-48-22-20-23-58(70-48)24-25-61(76-58)46(12)32-49-50(73-61)33-52(69-49)56(64)62(66)47(13)31-43(9)54(75-62)44(10)35-59-34-41(7)30-51(71-59)55-53(72-59)36-60(74-55)45(11)29-42(8)37-63(60)57(65)67-27-28-77(14,15)16/h18,20-22,38-43,45-56,64,66H,10,17,19,23-37H2,1-9,11-16H3/b21-18+/t41-,42+,43-,45-,46+,47+,48+,49+,50+,51-,52-,53+,54-,55+,56-,58-,59-,60-,61+,62+/m1/s1. The first-order valence-corrected chi connectivity index (χ1v) is 36.8. The lowest BCUT2D eigenvalue weighted by molar-refractivity contribution is -0.368. The lowest BCUT2D eigenvalue weighted by Crippen LogP contribution is -2.62. The van der Waals surface area contributed by atoms with Crippen LogP contribution in [-0.2, 0) is 47.1 Å². The Kier molecular flexibility index (Phi) is 18.1. The second-order valence-corrected chi connectivity index (χ2v) is 40.0. The highest BCUT2D eigenvalue weighted by Crippen LogP contribution is 2.57. The van der Waals surface area contributed by atoms with E-state index in [0.29, 0.717) is 93.5 Å². The number of rotatable bonds is 17. The summed E-state index contributed by atoms with van der Waals surface area (Å²) in [5.41, 5.74) is 1.61. The third-order valence-corrected chi connectivity index (χ3v) is 28.3. The van der Waals surface area contributed by atoms with Gasteiger partial charge in [0.1, 0.15) is 12.2 Å². The van der Waals surface area contributed by atoms with E-state index < -0.39 is 69.5 Å². The SMILES string of the molecule is C=C(C[C@]12C[C@H](C)C[C@@H](O1)[C@@H]1O[C@]3(C[C@@H]1O2)[C@H](C)C[C@H](C)CN3C(=O)OCC[Si](C)(C)C)[C@@H]1O[C@](O)([C@H](O)[C@H]2C[C@@H]3O[C@]4(CC[C@@]5(CC=C[C@H](/C=C/CCCO[Si](C(C)C)(C(C)C)C(C)C)O5)O4)[C@@H](C)C[C@@H]3O2)[C@@H](C)C[C@H]1C. The second kappa shape index (κ2) is 23.2. The summed E-state index contributed by atoms with van der Waals surface area (Å²) in [6.45, 7) is 40.2. The molecule has 3 spiro atoms. The molecule has 0 aliphatic carbocycles. The smallest absolute Gasteiger partial charge is 0.412 e. The molecule has 0 saturated carbocycles. The molecule has 9 rings (SSSR count). The average molecular weight is 1130 g/mol. The van der Waals surface area contributed by atoms with Crippen molar-refractivity contribution in [3.63, 3.8) is 0 Å². The molecular formula is C62H105NO13Si2. The Balaban J connectivity index is 0.810. The predicted octanol–water partition coefficient (Wildman–Crippen LogP) is 12.6. The molecule has 8 saturated heterocycles. The summed E-state index contributed by atoms with van der Waals surface area (Å²) in [6, 6.07) is 0.906. The van der Waals surface area contributed by atoms with E-state index in [2.05, 4.69) is 127 Å². The number of piperidine rings is 1. The van der Waals surface area contributed by atoms with E-state index in [9.17, 15) is 15.0 Å². The first-order chi connectivity index (χ1) is 36.6. The molecule has 9 aliphatic rings. The third kappa shape index (κ3) is 11.8. The van der Waals surface area contributed by atoms with Crippen molar-refractivity contribution < 1.29 is 62.1 Å². The minimum Gasteiger partial charge on any atom is -0.450 e. The summed E-state index contributed by atoms with van der Waals surface area (Å²) in [7, 11) is -3.29. The molecule has 0 aromatic carbocycles. The van der Waals surface area contributed by atoms with Crippen LogP contribution in [-0.4, -0.2) is 141 Å². The first-order valence-electron chi connectivity index (χ1n) is 31.0. The van der Waals surface area contributed by atoms with Gasteiger partial charge in [-0.25, -0.2) is 4.79 Å². The largest absolute Gasteiger partial charge is 0.450 e. The van der Waals surface area contributed by atoms with Crippen molar-refractivity contribution in [2.75, 3.05) is 19.8 Å². The maximum absolute atomic E-state index is 14.0. The van der Waals surface area contributed by atoms with Gasteiger partial charge in [0.2, 0.25) is 0 Å². The number of aliphatic hydroxyl groups is 2. The van der Waals surface area contributed by atoms with E-state index >= 15 is 0 Å². The molecule has 78 heavy (non-hydrogen) atoms. The van der Waals surface area contributed by atoms with Gasteiger partial charge >= 0.3 is 6.09 Å². The van der Waals surface area contributed by atoms with Gasteiger partial charge in [-0.15, -0.1) is 0 Å². The van der Waals surface area contributed by atoms with Crippen LogP contribution in [0.2, 0.25) is 42.3 Å². The first kappa shape index (κ1) is 61.1. The molecule has 444 valence electrons. The fourth-order valence-electron chi connectivity index (χ4n) is 16.6. The van der Waals surface area contributed by atoms with Gasteiger partial charge < -0.3 is 57.3 Å². The molecule has 16 heteroatoms. The summed E-state index contributed by atoms with van der Waals surface area (Å²) >= 11 is 0. The number of aliphatic hydroxyl groups excluding tert-OH is 1. The van der Waals surface area contributed by atoms with Gasteiger partial charge in [0.15, 0.2) is 37.2 Å². The quantitative estimate of drug-likeness (QED) is 0.0808. The van der Waals surface area contributed by atoms with E-state index in [1.165, 1.54) is 0 Å². The summed E-state index contributed by atoms with van der Waals surface area (Å²) in [6.07, 6.45) is 13.0. The molecule has 8 fully saturated rings. The second-order valence-electron chi connectivity index (χ2n) is 28.9. The number of unbranched alkanes of at least 4 members (excludes halogenated alkanes) is 1. The molecule has 0 radical (unpaired) electrons. The van der Waals surface area contributed by atoms with Crippen molar-refractivity contribution in [2.24, 2.45) is 35.5 Å². The highest BCUT2D eigenvalue weighted by Gasteiger charge is 2.66. The molecule has 2 bridgehead atoms. The number of fused-ring (bicyclic) bond motifs is 5. The van der Waals surface area contributed by atoms with Crippen LogP contribution in [0.3, 0.4) is 0 Å². The highest BCUT2D eigenvalue weighted by molar-refractivity contribution is 6.77. The lowest BCUT2D eigenvalue weighted by Gasteiger charge is -2.53. The summed E-state index contributed by atoms with van der Waals surface area (Å²) < 4.78 is 68.4. The predicted molar refractivity (Wildman–Crippen MR) is 306 cm³/mol. The number of nitrogens with zero attached hydrogens (tertiary/aromatic N) is 1. The molecule has 0 unspecified atom stereocenters. The zero-order valence-corrected chi connectivity index (χ0v) is 52.8. The maximum atomic E-state index is 14.0. The van der Waals surface area contributed by atoms with Crippen molar-refractivity contribution in [2.45, 2.75) is 293 Å². The van der Waals surface area contributed by atoms with E-state index in [1.807, 2.05) is 11.8 Å². The van der Waals surface area contributed by atoms with E-state index in [1.54, 1.807) is 0 Å². The fourth-order valence-corrected chi connectivity index (χ4v) is 22.8. The molecule has 9 aliphatic heterocycles. The van der Waals surface area contributed by atoms with Gasteiger partial charge in [-0.05, 0) is 84.5 Å². The highest BCUT2D eigenvalue weighted by atomic mass is 28.4. The summed E-state index contributed by atoms with van der Waals surface area (Å²) in [5, 5.41) is 25.0. The number of amides is 1. The molecule has 20 atom stereocenters. The Morgan fingerprint density at radius 2 is 1.51 bits per heavy atom. The monoisotopic (exact) mass is 1130 g/mol. The van der Waals surface area contributed by atoms with Gasteiger partial charge in [0.05, 0.1) is 49.3 Å². The Morgan fingerprint density at radius 1 is 0.795 bits per heavy atom. The number of carbonyl (C=O) groups is 1. The third-order valence-electron chi connectivity index (χ3n) is 20.4. The van der Waals surface area contributed by atoms with Crippen LogP contribution in [0, 0.1) is 35.5 Å². The Labute approximate surface area is 471 Å². The summed E-state index contributed by atoms with van der Waals surface area (Å²) in [4.78, 5) is 15.9. The Hall–Kier alpha value is -1.52. The van der Waals surface area contributed by atoms with Crippen molar-refractivity contribution in [1.82, 2.24) is 4.90 Å². The van der Waals surface area contributed by atoms with Crippen molar-refractivity contribution in [3.8, 4) is 0 Å². The van der Waals surface area contributed by atoms with Crippen LogP contribution in [0.1, 0.15) is 167 Å². The van der Waals surface area contributed by atoms with Crippen LogP contribution in [0.25, 0.3) is 0 Å². The Morgan fingerprint density at radius 3 is 2.22 bits per heavy atom. The van der Waals surface area contributed by atoms with E-state index in [-0.39, 0.29) is 66.4 Å². The van der Waals surface area contributed by atoms with Crippen molar-refractivity contribution >= 4 is 22.5 Å². The minimum atomic E-state index is -1.91. The molecule has 2 N–H and O–H groups in total. The fraction of sp³-hybridized carbons (Fsp3) is 0.887. The van der Waals surface area contributed by atoms with Crippen molar-refractivity contribution in [1.29, 1.82) is 0 Å². The molecule has 9 heterocycles.